The van der Waals surface area contributed by atoms with E-state index in [0.717, 1.165) is 43.1 Å². The van der Waals surface area contributed by atoms with Crippen LogP contribution in [-0.4, -0.2) is 71.8 Å². The van der Waals surface area contributed by atoms with Crippen LogP contribution in [0.1, 0.15) is 30.0 Å². The maximum absolute atomic E-state index is 13.0. The number of likely N-dealkylation sites (tertiary alicyclic amines) is 2. The lowest BCUT2D eigenvalue weighted by Gasteiger charge is -2.39. The van der Waals surface area contributed by atoms with Crippen molar-refractivity contribution < 1.29 is 9.59 Å². The van der Waals surface area contributed by atoms with E-state index in [1.54, 1.807) is 11.3 Å². The summed E-state index contributed by atoms with van der Waals surface area (Å²) in [7, 11) is 3.80. The van der Waals surface area contributed by atoms with Crippen LogP contribution < -0.4 is 0 Å². The standard InChI is InChI=1S/C17H26N4O2S/c1-13-18-14(11-24-13)9-20-8-6-17(16(20)23)5-4-7-21(12-17)15(22)10-19(2)3/h11H,4-10,12H2,1-3H3/t17-/m0/s1. The molecule has 2 fully saturated rings. The lowest BCUT2D eigenvalue weighted by Crippen LogP contribution is -2.51. The summed E-state index contributed by atoms with van der Waals surface area (Å²) in [6, 6.07) is 0. The first kappa shape index (κ1) is 17.4. The minimum absolute atomic E-state index is 0.125. The number of aryl methyl sites for hydroxylation is 1. The summed E-state index contributed by atoms with van der Waals surface area (Å²) in [6.45, 7) is 5.10. The molecular weight excluding hydrogens is 324 g/mol. The molecule has 2 aliphatic rings. The van der Waals surface area contributed by atoms with Crippen LogP contribution in [0.3, 0.4) is 0 Å². The number of aromatic nitrogens is 1. The molecule has 0 bridgehead atoms. The number of piperidine rings is 1. The lowest BCUT2D eigenvalue weighted by atomic mass is 9.78. The van der Waals surface area contributed by atoms with Crippen molar-refractivity contribution in [2.45, 2.75) is 32.7 Å². The topological polar surface area (TPSA) is 56.8 Å². The van der Waals surface area contributed by atoms with Gasteiger partial charge < -0.3 is 14.7 Å². The van der Waals surface area contributed by atoms with Gasteiger partial charge in [0.1, 0.15) is 0 Å². The third kappa shape index (κ3) is 3.47. The number of carbonyl (C=O) groups excluding carboxylic acids is 2. The normalized spacial score (nSPS) is 24.4. The van der Waals surface area contributed by atoms with Crippen LogP contribution in [0.4, 0.5) is 0 Å². The fourth-order valence-corrected chi connectivity index (χ4v) is 4.42. The molecular formula is C17H26N4O2S. The van der Waals surface area contributed by atoms with Crippen molar-refractivity contribution in [2.24, 2.45) is 5.41 Å². The highest BCUT2D eigenvalue weighted by Gasteiger charge is 2.49. The maximum Gasteiger partial charge on any atom is 0.236 e. The Hall–Kier alpha value is -1.47. The van der Waals surface area contributed by atoms with Gasteiger partial charge in [-0.1, -0.05) is 0 Å². The van der Waals surface area contributed by atoms with Crippen LogP contribution in [0.15, 0.2) is 5.38 Å². The molecule has 3 heterocycles. The van der Waals surface area contributed by atoms with Crippen LogP contribution in [-0.2, 0) is 16.1 Å². The Morgan fingerprint density at radius 3 is 2.83 bits per heavy atom. The van der Waals surface area contributed by atoms with E-state index < -0.39 is 0 Å². The summed E-state index contributed by atoms with van der Waals surface area (Å²) in [6.07, 6.45) is 2.65. The van der Waals surface area contributed by atoms with Crippen molar-refractivity contribution in [1.82, 2.24) is 19.7 Å². The van der Waals surface area contributed by atoms with Gasteiger partial charge in [0.25, 0.3) is 0 Å². The maximum atomic E-state index is 13.0. The molecule has 2 saturated heterocycles. The van der Waals surface area contributed by atoms with Crippen LogP contribution in [0.2, 0.25) is 0 Å². The van der Waals surface area contributed by atoms with Gasteiger partial charge in [-0.25, -0.2) is 4.98 Å². The largest absolute Gasteiger partial charge is 0.341 e. The third-order valence-electron chi connectivity index (χ3n) is 5.00. The Labute approximate surface area is 147 Å². The molecule has 132 valence electrons. The van der Waals surface area contributed by atoms with E-state index in [9.17, 15) is 9.59 Å². The van der Waals surface area contributed by atoms with E-state index in [2.05, 4.69) is 4.98 Å². The molecule has 0 unspecified atom stereocenters. The van der Waals surface area contributed by atoms with E-state index in [-0.39, 0.29) is 17.2 Å². The van der Waals surface area contributed by atoms with Crippen molar-refractivity contribution in [3.8, 4) is 0 Å². The number of carbonyl (C=O) groups is 2. The second-order valence-corrected chi connectivity index (χ2v) is 8.33. The average Bonchev–Trinajstić information content (AvgIpc) is 3.06. The number of hydrogen-bond acceptors (Lipinski definition) is 5. The first-order chi connectivity index (χ1) is 11.4. The summed E-state index contributed by atoms with van der Waals surface area (Å²) in [5.74, 6) is 0.330. The molecule has 0 radical (unpaired) electrons. The lowest BCUT2D eigenvalue weighted by molar-refractivity contribution is -0.144. The fraction of sp³-hybridized carbons (Fsp3) is 0.706. The van der Waals surface area contributed by atoms with Gasteiger partial charge in [-0.05, 0) is 40.3 Å². The van der Waals surface area contributed by atoms with Gasteiger partial charge in [0.2, 0.25) is 11.8 Å². The van der Waals surface area contributed by atoms with Gasteiger partial charge in [-0.2, -0.15) is 0 Å². The zero-order chi connectivity index (χ0) is 17.3. The second kappa shape index (κ2) is 6.80. The Morgan fingerprint density at radius 1 is 1.38 bits per heavy atom. The second-order valence-electron chi connectivity index (χ2n) is 7.27. The van der Waals surface area contributed by atoms with Crippen molar-refractivity contribution in [3.63, 3.8) is 0 Å². The molecule has 2 aliphatic heterocycles. The number of rotatable bonds is 4. The van der Waals surface area contributed by atoms with E-state index in [1.165, 1.54) is 0 Å². The van der Waals surface area contributed by atoms with E-state index in [0.29, 0.717) is 19.6 Å². The number of nitrogens with zero attached hydrogens (tertiary/aromatic N) is 4. The van der Waals surface area contributed by atoms with Crippen LogP contribution in [0, 0.1) is 12.3 Å². The van der Waals surface area contributed by atoms with Crippen molar-refractivity contribution in [1.29, 1.82) is 0 Å². The molecule has 0 aliphatic carbocycles. The summed E-state index contributed by atoms with van der Waals surface area (Å²) < 4.78 is 0. The third-order valence-corrected chi connectivity index (χ3v) is 5.82. The molecule has 6 nitrogen and oxygen atoms in total. The zero-order valence-corrected chi connectivity index (χ0v) is 15.6. The number of thiazole rings is 1. The first-order valence-electron chi connectivity index (χ1n) is 8.52. The molecule has 1 aromatic heterocycles. The number of hydrogen-bond donors (Lipinski definition) is 0. The molecule has 1 aromatic rings. The van der Waals surface area contributed by atoms with Crippen molar-refractivity contribution in [3.05, 3.63) is 16.1 Å². The molecule has 1 spiro atoms. The smallest absolute Gasteiger partial charge is 0.236 e. The van der Waals surface area contributed by atoms with Gasteiger partial charge in [0.05, 0.1) is 29.2 Å². The first-order valence-corrected chi connectivity index (χ1v) is 9.40. The van der Waals surface area contributed by atoms with E-state index >= 15 is 0 Å². The van der Waals surface area contributed by atoms with E-state index in [1.807, 2.05) is 41.1 Å². The molecule has 0 N–H and O–H groups in total. The summed E-state index contributed by atoms with van der Waals surface area (Å²) in [5, 5.41) is 3.06. The summed E-state index contributed by atoms with van der Waals surface area (Å²) >= 11 is 1.62. The Kier molecular flexibility index (Phi) is 4.92. The van der Waals surface area contributed by atoms with Gasteiger partial charge in [0, 0.05) is 25.0 Å². The van der Waals surface area contributed by atoms with Crippen LogP contribution >= 0.6 is 11.3 Å². The average molecular weight is 350 g/mol. The Balaban J connectivity index is 1.67. The predicted octanol–water partition coefficient (Wildman–Crippen LogP) is 1.35. The number of likely N-dealkylation sites (N-methyl/N-ethyl adjacent to an activating group) is 1. The summed E-state index contributed by atoms with van der Waals surface area (Å²) in [5.41, 5.74) is 0.602. The monoisotopic (exact) mass is 350 g/mol. The van der Waals surface area contributed by atoms with Crippen LogP contribution in [0.5, 0.6) is 0 Å². The molecule has 0 aromatic carbocycles. The molecule has 1 atom stereocenters. The van der Waals surface area contributed by atoms with E-state index in [4.69, 9.17) is 0 Å². The fourth-order valence-electron chi connectivity index (χ4n) is 3.81. The van der Waals surface area contributed by atoms with Crippen molar-refractivity contribution in [2.75, 3.05) is 40.3 Å². The molecule has 2 amide bonds. The van der Waals surface area contributed by atoms with Gasteiger partial charge in [-0.3, -0.25) is 9.59 Å². The molecule has 7 heteroatoms. The number of amides is 2. The Bertz CT molecular complexity index is 630. The highest BCUT2D eigenvalue weighted by molar-refractivity contribution is 7.09. The highest BCUT2D eigenvalue weighted by atomic mass is 32.1. The minimum Gasteiger partial charge on any atom is -0.341 e. The predicted molar refractivity (Wildman–Crippen MR) is 93.7 cm³/mol. The highest BCUT2D eigenvalue weighted by Crippen LogP contribution is 2.40. The van der Waals surface area contributed by atoms with Crippen molar-refractivity contribution >= 4 is 23.2 Å². The van der Waals surface area contributed by atoms with Gasteiger partial charge >= 0.3 is 0 Å². The van der Waals surface area contributed by atoms with Crippen LogP contribution in [0.25, 0.3) is 0 Å². The minimum atomic E-state index is -0.370. The zero-order valence-electron chi connectivity index (χ0n) is 14.7. The quantitative estimate of drug-likeness (QED) is 0.823. The SMILES string of the molecule is Cc1nc(CN2CC[C@]3(CCCN(C(=O)CN(C)C)C3)C2=O)cs1. The van der Waals surface area contributed by atoms with Gasteiger partial charge in [0.15, 0.2) is 0 Å². The molecule has 3 rings (SSSR count). The summed E-state index contributed by atoms with van der Waals surface area (Å²) in [4.78, 5) is 35.6. The Morgan fingerprint density at radius 2 is 2.17 bits per heavy atom. The molecule has 24 heavy (non-hydrogen) atoms. The molecule has 0 saturated carbocycles. The van der Waals surface area contributed by atoms with Gasteiger partial charge in [-0.15, -0.1) is 11.3 Å².